The molecule has 0 aliphatic rings. The Hall–Kier alpha value is -3.17. The molecule has 0 aliphatic carbocycles. The molecule has 6 nitrogen and oxygen atoms in total. The topological polar surface area (TPSA) is 75.2 Å². The van der Waals surface area contributed by atoms with Crippen LogP contribution in [0.25, 0.3) is 11.4 Å². The van der Waals surface area contributed by atoms with Crippen molar-refractivity contribution in [2.45, 2.75) is 13.1 Å². The molecule has 0 N–H and O–H groups in total. The number of rotatable bonds is 6. The lowest BCUT2D eigenvalue weighted by Gasteiger charge is -2.13. The fourth-order valence-corrected chi connectivity index (χ4v) is 2.46. The van der Waals surface area contributed by atoms with E-state index >= 15 is 0 Å². The molecule has 0 saturated carbocycles. The normalized spacial score (nSPS) is 10.6. The second-order valence-electron chi connectivity index (χ2n) is 5.72. The van der Waals surface area contributed by atoms with Gasteiger partial charge < -0.3 is 9.26 Å². The number of aromatic nitrogens is 2. The summed E-state index contributed by atoms with van der Waals surface area (Å²) in [6.07, 6.45) is 0. The van der Waals surface area contributed by atoms with Crippen LogP contribution in [-0.2, 0) is 13.1 Å². The molecule has 0 radical (unpaired) electrons. The summed E-state index contributed by atoms with van der Waals surface area (Å²) >= 11 is 0. The van der Waals surface area contributed by atoms with Gasteiger partial charge in [0.15, 0.2) is 0 Å². The third kappa shape index (κ3) is 4.22. The largest absolute Gasteiger partial charge is 0.497 e. The Balaban J connectivity index is 1.62. The van der Waals surface area contributed by atoms with Gasteiger partial charge in [-0.05, 0) is 49.0 Å². The number of benzene rings is 2. The van der Waals surface area contributed by atoms with Gasteiger partial charge in [-0.1, -0.05) is 17.3 Å². The molecule has 0 saturated heterocycles. The van der Waals surface area contributed by atoms with E-state index in [2.05, 4.69) is 21.1 Å². The van der Waals surface area contributed by atoms with Crippen molar-refractivity contribution in [3.05, 3.63) is 65.5 Å². The SMILES string of the molecule is COc1ccc(-c2noc(CN(C)Cc3ccc(C#N)cc3)n2)cc1. The van der Waals surface area contributed by atoms with E-state index in [1.165, 1.54) is 0 Å². The number of hydrogen-bond donors (Lipinski definition) is 0. The summed E-state index contributed by atoms with van der Waals surface area (Å²) in [6.45, 7) is 1.27. The van der Waals surface area contributed by atoms with Crippen molar-refractivity contribution in [2.24, 2.45) is 0 Å². The average Bonchev–Trinajstić information content (AvgIpc) is 3.10. The van der Waals surface area contributed by atoms with Crippen LogP contribution in [0.2, 0.25) is 0 Å². The highest BCUT2D eigenvalue weighted by atomic mass is 16.5. The van der Waals surface area contributed by atoms with Gasteiger partial charge in [0.25, 0.3) is 0 Å². The van der Waals surface area contributed by atoms with Gasteiger partial charge in [0.1, 0.15) is 5.75 Å². The molecular formula is C19H18N4O2. The third-order valence-corrected chi connectivity index (χ3v) is 3.76. The number of nitriles is 1. The van der Waals surface area contributed by atoms with E-state index in [1.54, 1.807) is 7.11 Å². The molecule has 0 bridgehead atoms. The van der Waals surface area contributed by atoms with Gasteiger partial charge in [-0.15, -0.1) is 0 Å². The Labute approximate surface area is 146 Å². The van der Waals surface area contributed by atoms with Crippen LogP contribution in [0.1, 0.15) is 17.0 Å². The van der Waals surface area contributed by atoms with Gasteiger partial charge >= 0.3 is 0 Å². The highest BCUT2D eigenvalue weighted by molar-refractivity contribution is 5.55. The summed E-state index contributed by atoms with van der Waals surface area (Å²) in [4.78, 5) is 6.52. The van der Waals surface area contributed by atoms with Crippen LogP contribution < -0.4 is 4.74 Å². The van der Waals surface area contributed by atoms with Crippen molar-refractivity contribution in [2.75, 3.05) is 14.2 Å². The number of ether oxygens (including phenoxy) is 1. The van der Waals surface area contributed by atoms with Gasteiger partial charge in [-0.2, -0.15) is 10.2 Å². The van der Waals surface area contributed by atoms with E-state index in [9.17, 15) is 0 Å². The lowest BCUT2D eigenvalue weighted by atomic mass is 10.1. The summed E-state index contributed by atoms with van der Waals surface area (Å²) in [5.74, 6) is 1.90. The first kappa shape index (κ1) is 16.7. The Kier molecular flexibility index (Phi) is 5.07. The van der Waals surface area contributed by atoms with Crippen LogP contribution >= 0.6 is 0 Å². The lowest BCUT2D eigenvalue weighted by Crippen LogP contribution is -2.17. The van der Waals surface area contributed by atoms with Crippen LogP contribution in [0.5, 0.6) is 5.75 Å². The predicted octanol–water partition coefficient (Wildman–Crippen LogP) is 3.25. The maximum atomic E-state index is 8.84. The number of nitrogens with zero attached hydrogens (tertiary/aromatic N) is 4. The Morgan fingerprint density at radius 3 is 2.44 bits per heavy atom. The van der Waals surface area contributed by atoms with Crippen molar-refractivity contribution < 1.29 is 9.26 Å². The summed E-state index contributed by atoms with van der Waals surface area (Å²) in [5.41, 5.74) is 2.66. The second kappa shape index (κ2) is 7.60. The van der Waals surface area contributed by atoms with Crippen molar-refractivity contribution in [3.8, 4) is 23.2 Å². The molecule has 2 aromatic carbocycles. The van der Waals surface area contributed by atoms with Crippen molar-refractivity contribution in [1.82, 2.24) is 15.0 Å². The van der Waals surface area contributed by atoms with E-state index in [0.29, 0.717) is 23.8 Å². The molecule has 3 aromatic rings. The van der Waals surface area contributed by atoms with Crippen LogP contribution in [0.4, 0.5) is 0 Å². The zero-order chi connectivity index (χ0) is 17.6. The second-order valence-corrected chi connectivity index (χ2v) is 5.72. The molecule has 3 rings (SSSR count). The van der Waals surface area contributed by atoms with E-state index in [-0.39, 0.29) is 0 Å². The quantitative estimate of drug-likeness (QED) is 0.689. The maximum Gasteiger partial charge on any atom is 0.241 e. The first-order valence-corrected chi connectivity index (χ1v) is 7.82. The van der Waals surface area contributed by atoms with Gasteiger partial charge in [0.05, 0.1) is 25.3 Å². The summed E-state index contributed by atoms with van der Waals surface area (Å²) in [7, 11) is 3.61. The fourth-order valence-electron chi connectivity index (χ4n) is 2.46. The molecule has 0 spiro atoms. The minimum absolute atomic E-state index is 0.545. The molecular weight excluding hydrogens is 316 g/mol. The molecule has 0 amide bonds. The van der Waals surface area contributed by atoms with Crippen LogP contribution in [0.15, 0.2) is 53.1 Å². The van der Waals surface area contributed by atoms with Crippen LogP contribution in [-0.4, -0.2) is 29.2 Å². The smallest absolute Gasteiger partial charge is 0.241 e. The van der Waals surface area contributed by atoms with E-state index in [1.807, 2.05) is 55.6 Å². The lowest BCUT2D eigenvalue weighted by molar-refractivity contribution is 0.261. The average molecular weight is 334 g/mol. The van der Waals surface area contributed by atoms with Gasteiger partial charge in [0.2, 0.25) is 11.7 Å². The zero-order valence-electron chi connectivity index (χ0n) is 14.1. The molecule has 0 atom stereocenters. The standard InChI is InChI=1S/C19H18N4O2/c1-23(12-15-5-3-14(11-20)4-6-15)13-18-21-19(22-25-18)16-7-9-17(24-2)10-8-16/h3-10H,12-13H2,1-2H3. The Morgan fingerprint density at radius 1 is 1.08 bits per heavy atom. The molecule has 25 heavy (non-hydrogen) atoms. The molecule has 1 heterocycles. The Bertz CT molecular complexity index is 864. The van der Waals surface area contributed by atoms with E-state index in [0.717, 1.165) is 23.4 Å². The highest BCUT2D eigenvalue weighted by Crippen LogP contribution is 2.20. The molecule has 0 unspecified atom stereocenters. The summed E-state index contributed by atoms with van der Waals surface area (Å²) in [6, 6.07) is 17.2. The van der Waals surface area contributed by atoms with E-state index in [4.69, 9.17) is 14.5 Å². The monoisotopic (exact) mass is 334 g/mol. The minimum atomic E-state index is 0.545. The molecule has 6 heteroatoms. The van der Waals surface area contributed by atoms with Crippen molar-refractivity contribution >= 4 is 0 Å². The predicted molar refractivity (Wildman–Crippen MR) is 92.6 cm³/mol. The molecule has 1 aromatic heterocycles. The number of methoxy groups -OCH3 is 1. The molecule has 0 aliphatic heterocycles. The number of hydrogen-bond acceptors (Lipinski definition) is 6. The summed E-state index contributed by atoms with van der Waals surface area (Å²) < 4.78 is 10.5. The molecule has 0 fully saturated rings. The fraction of sp³-hybridized carbons (Fsp3) is 0.211. The first-order chi connectivity index (χ1) is 12.2. The van der Waals surface area contributed by atoms with E-state index < -0.39 is 0 Å². The first-order valence-electron chi connectivity index (χ1n) is 7.82. The highest BCUT2D eigenvalue weighted by Gasteiger charge is 2.11. The zero-order valence-corrected chi connectivity index (χ0v) is 14.1. The van der Waals surface area contributed by atoms with Crippen molar-refractivity contribution in [3.63, 3.8) is 0 Å². The molecule has 126 valence electrons. The maximum absolute atomic E-state index is 8.84. The van der Waals surface area contributed by atoms with Gasteiger partial charge in [-0.3, -0.25) is 4.90 Å². The summed E-state index contributed by atoms with van der Waals surface area (Å²) in [5, 5.41) is 12.9. The van der Waals surface area contributed by atoms with Crippen molar-refractivity contribution in [1.29, 1.82) is 5.26 Å². The third-order valence-electron chi connectivity index (χ3n) is 3.76. The van der Waals surface area contributed by atoms with Crippen LogP contribution in [0.3, 0.4) is 0 Å². The van der Waals surface area contributed by atoms with Gasteiger partial charge in [0, 0.05) is 12.1 Å². The Morgan fingerprint density at radius 2 is 1.80 bits per heavy atom. The van der Waals surface area contributed by atoms with Gasteiger partial charge in [-0.25, -0.2) is 0 Å². The minimum Gasteiger partial charge on any atom is -0.497 e. The van der Waals surface area contributed by atoms with Crippen LogP contribution in [0, 0.1) is 11.3 Å².